The number of hydrogen-bond acceptors (Lipinski definition) is 2. The van der Waals surface area contributed by atoms with Crippen LogP contribution in [0.3, 0.4) is 0 Å². The minimum atomic E-state index is 0.942. The van der Waals surface area contributed by atoms with Crippen molar-refractivity contribution in [2.45, 2.75) is 0 Å². The first-order valence-corrected chi connectivity index (χ1v) is 5.53. The van der Waals surface area contributed by atoms with Gasteiger partial charge in [-0.1, -0.05) is 18.2 Å². The van der Waals surface area contributed by atoms with Crippen LogP contribution in [0, 0.1) is 0 Å². The molecule has 3 heteroatoms. The van der Waals surface area contributed by atoms with E-state index in [1.165, 1.54) is 5.39 Å². The maximum atomic E-state index is 4.47. The van der Waals surface area contributed by atoms with Gasteiger partial charge < -0.3 is 0 Å². The fourth-order valence-electron chi connectivity index (χ4n) is 2.29. The number of hydrogen-bond donors (Lipinski definition) is 0. The molecule has 80 valence electrons. The van der Waals surface area contributed by atoms with Crippen molar-refractivity contribution >= 4 is 27.6 Å². The molecule has 0 saturated heterocycles. The van der Waals surface area contributed by atoms with E-state index in [2.05, 4.69) is 32.6 Å². The van der Waals surface area contributed by atoms with E-state index in [-0.39, 0.29) is 0 Å². The minimum absolute atomic E-state index is 0.942. The Balaban J connectivity index is 2.38. The van der Waals surface area contributed by atoms with Gasteiger partial charge in [0, 0.05) is 23.2 Å². The fraction of sp³-hybridized carbons (Fsp3) is 0. The number of aromatic nitrogens is 3. The summed E-state index contributed by atoms with van der Waals surface area (Å²) in [6, 6.07) is 14.3. The molecule has 0 spiro atoms. The lowest BCUT2D eigenvalue weighted by molar-refractivity contribution is 1.18. The van der Waals surface area contributed by atoms with E-state index < -0.39 is 0 Å². The van der Waals surface area contributed by atoms with Gasteiger partial charge in [-0.05, 0) is 24.3 Å². The van der Waals surface area contributed by atoms with Crippen LogP contribution in [0.1, 0.15) is 0 Å². The zero-order valence-corrected chi connectivity index (χ0v) is 9.04. The summed E-state index contributed by atoms with van der Waals surface area (Å²) in [6.07, 6.45) is 3.69. The molecule has 0 amide bonds. The molecule has 0 atom stereocenters. The van der Waals surface area contributed by atoms with Crippen molar-refractivity contribution in [1.29, 1.82) is 0 Å². The van der Waals surface area contributed by atoms with E-state index in [1.807, 2.05) is 36.7 Å². The highest BCUT2D eigenvalue weighted by molar-refractivity contribution is 5.91. The molecule has 1 aromatic carbocycles. The number of pyridine rings is 1. The third-order valence-electron chi connectivity index (χ3n) is 3.06. The molecular weight excluding hydrogens is 210 g/mol. The van der Waals surface area contributed by atoms with Crippen LogP contribution in [-0.2, 0) is 0 Å². The van der Waals surface area contributed by atoms with Crippen LogP contribution in [0.4, 0.5) is 0 Å². The lowest BCUT2D eigenvalue weighted by Crippen LogP contribution is -1.92. The number of rotatable bonds is 0. The van der Waals surface area contributed by atoms with Gasteiger partial charge in [0.25, 0.3) is 0 Å². The Hall–Kier alpha value is -2.42. The van der Waals surface area contributed by atoms with E-state index in [9.17, 15) is 0 Å². The van der Waals surface area contributed by atoms with E-state index in [4.69, 9.17) is 0 Å². The van der Waals surface area contributed by atoms with E-state index in [0.29, 0.717) is 0 Å². The molecule has 0 aliphatic carbocycles. The summed E-state index contributed by atoms with van der Waals surface area (Å²) < 4.78 is 2.10. The summed E-state index contributed by atoms with van der Waals surface area (Å²) in [4.78, 5) is 8.92. The number of nitrogens with zero attached hydrogens (tertiary/aromatic N) is 3. The maximum Gasteiger partial charge on any atom is 0.147 e. The lowest BCUT2D eigenvalue weighted by Gasteiger charge is -2.01. The van der Waals surface area contributed by atoms with Gasteiger partial charge in [0.05, 0.1) is 5.52 Å². The van der Waals surface area contributed by atoms with Crippen LogP contribution in [0.25, 0.3) is 27.6 Å². The Bertz CT molecular complexity index is 840. The second-order valence-electron chi connectivity index (χ2n) is 4.07. The number of para-hydroxylation sites is 1. The Morgan fingerprint density at radius 2 is 1.76 bits per heavy atom. The molecule has 3 nitrogen and oxygen atoms in total. The van der Waals surface area contributed by atoms with Crippen molar-refractivity contribution < 1.29 is 0 Å². The predicted molar refractivity (Wildman–Crippen MR) is 68.0 cm³/mol. The summed E-state index contributed by atoms with van der Waals surface area (Å²) in [5.74, 6) is 0. The van der Waals surface area contributed by atoms with Crippen molar-refractivity contribution in [2.75, 3.05) is 0 Å². The Labute approximate surface area is 97.4 Å². The van der Waals surface area contributed by atoms with Crippen molar-refractivity contribution in [1.82, 2.24) is 14.4 Å². The van der Waals surface area contributed by atoms with Crippen molar-refractivity contribution in [3.05, 3.63) is 54.9 Å². The zero-order valence-electron chi connectivity index (χ0n) is 9.04. The normalized spacial score (nSPS) is 11.5. The first-order valence-electron chi connectivity index (χ1n) is 5.53. The van der Waals surface area contributed by atoms with Crippen LogP contribution >= 0.6 is 0 Å². The molecule has 4 rings (SSSR count). The molecule has 0 bridgehead atoms. The van der Waals surface area contributed by atoms with Gasteiger partial charge >= 0.3 is 0 Å². The third-order valence-corrected chi connectivity index (χ3v) is 3.06. The molecule has 0 aliphatic rings. The Morgan fingerprint density at radius 3 is 2.76 bits per heavy atom. The molecule has 3 heterocycles. The molecule has 3 aromatic heterocycles. The van der Waals surface area contributed by atoms with E-state index >= 15 is 0 Å². The van der Waals surface area contributed by atoms with E-state index in [1.54, 1.807) is 0 Å². The Kier molecular flexibility index (Phi) is 1.56. The van der Waals surface area contributed by atoms with Gasteiger partial charge in [-0.2, -0.15) is 0 Å². The third kappa shape index (κ3) is 1.11. The number of benzene rings is 1. The van der Waals surface area contributed by atoms with Crippen LogP contribution in [-0.4, -0.2) is 14.4 Å². The van der Waals surface area contributed by atoms with Gasteiger partial charge in [-0.25, -0.2) is 9.97 Å². The molecular formula is C14H9N3. The summed E-state index contributed by atoms with van der Waals surface area (Å²) in [6.45, 7) is 0. The molecule has 4 aromatic rings. The zero-order chi connectivity index (χ0) is 11.2. The second-order valence-corrected chi connectivity index (χ2v) is 4.07. The first-order chi connectivity index (χ1) is 8.43. The van der Waals surface area contributed by atoms with Gasteiger partial charge in [0.1, 0.15) is 11.3 Å². The average Bonchev–Trinajstić information content (AvgIpc) is 2.77. The van der Waals surface area contributed by atoms with Crippen LogP contribution < -0.4 is 0 Å². The summed E-state index contributed by atoms with van der Waals surface area (Å²) in [5, 5.41) is 2.25. The van der Waals surface area contributed by atoms with Gasteiger partial charge in [-0.3, -0.25) is 4.40 Å². The highest BCUT2D eigenvalue weighted by Gasteiger charge is 2.06. The van der Waals surface area contributed by atoms with Crippen LogP contribution in [0.2, 0.25) is 0 Å². The van der Waals surface area contributed by atoms with E-state index in [0.717, 1.165) is 22.2 Å². The standard InChI is InChI=1S/C14H9N3/c1-2-6-12-10(4-1)8-13-16-9-11-5-3-7-15-14(11)17(12)13/h1-9H. The molecule has 0 aliphatic heterocycles. The van der Waals surface area contributed by atoms with Gasteiger partial charge in [0.15, 0.2) is 0 Å². The monoisotopic (exact) mass is 219 g/mol. The second kappa shape index (κ2) is 3.04. The number of fused-ring (bicyclic) bond motifs is 5. The highest BCUT2D eigenvalue weighted by atomic mass is 15.0. The average molecular weight is 219 g/mol. The largest absolute Gasteiger partial charge is 0.278 e. The lowest BCUT2D eigenvalue weighted by atomic mass is 10.2. The molecule has 0 fully saturated rings. The molecule has 0 N–H and O–H groups in total. The minimum Gasteiger partial charge on any atom is -0.278 e. The molecule has 0 saturated carbocycles. The van der Waals surface area contributed by atoms with Crippen molar-refractivity contribution in [3.8, 4) is 0 Å². The predicted octanol–water partition coefficient (Wildman–Crippen LogP) is 3.04. The van der Waals surface area contributed by atoms with Crippen LogP contribution in [0.15, 0.2) is 54.9 Å². The van der Waals surface area contributed by atoms with Gasteiger partial charge in [-0.15, -0.1) is 0 Å². The SMILES string of the molecule is c1ccc2c(c1)cc1ncc3cccnc3n12. The summed E-state index contributed by atoms with van der Waals surface area (Å²) >= 11 is 0. The van der Waals surface area contributed by atoms with Crippen LogP contribution in [0.5, 0.6) is 0 Å². The molecule has 17 heavy (non-hydrogen) atoms. The quantitative estimate of drug-likeness (QED) is 0.455. The molecule has 0 radical (unpaired) electrons. The molecule has 0 unspecified atom stereocenters. The van der Waals surface area contributed by atoms with Crippen molar-refractivity contribution in [2.24, 2.45) is 0 Å². The maximum absolute atomic E-state index is 4.47. The first kappa shape index (κ1) is 8.70. The summed E-state index contributed by atoms with van der Waals surface area (Å²) in [7, 11) is 0. The summed E-state index contributed by atoms with van der Waals surface area (Å²) in [5.41, 5.74) is 3.05. The Morgan fingerprint density at radius 1 is 0.882 bits per heavy atom. The van der Waals surface area contributed by atoms with Gasteiger partial charge in [0.2, 0.25) is 0 Å². The van der Waals surface area contributed by atoms with Crippen molar-refractivity contribution in [3.63, 3.8) is 0 Å². The smallest absolute Gasteiger partial charge is 0.147 e. The highest BCUT2D eigenvalue weighted by Crippen LogP contribution is 2.22. The topological polar surface area (TPSA) is 30.2 Å². The fourth-order valence-corrected chi connectivity index (χ4v) is 2.29.